The summed E-state index contributed by atoms with van der Waals surface area (Å²) < 4.78 is 0. The number of hydrogen-bond acceptors (Lipinski definition) is 1. The van der Waals surface area contributed by atoms with E-state index in [-0.39, 0.29) is 0 Å². The van der Waals surface area contributed by atoms with Crippen molar-refractivity contribution in [2.24, 2.45) is 0 Å². The number of aliphatic hydroxyl groups excluding tert-OH is 1. The van der Waals surface area contributed by atoms with Crippen molar-refractivity contribution in [2.75, 3.05) is 0 Å². The van der Waals surface area contributed by atoms with Gasteiger partial charge in [-0.1, -0.05) is 61.9 Å². The zero-order valence-corrected chi connectivity index (χ0v) is 11.3. The second-order valence-electron chi connectivity index (χ2n) is 4.17. The van der Waals surface area contributed by atoms with Crippen molar-refractivity contribution in [3.63, 3.8) is 0 Å². The van der Waals surface area contributed by atoms with Crippen LogP contribution < -0.4 is 0 Å². The molecule has 0 unspecified atom stereocenters. The van der Waals surface area contributed by atoms with Gasteiger partial charge in [-0.3, -0.25) is 0 Å². The van der Waals surface area contributed by atoms with Gasteiger partial charge in [0.05, 0.1) is 0 Å². The number of rotatable bonds is 2. The van der Waals surface area contributed by atoms with Gasteiger partial charge in [-0.15, -0.1) is 0 Å². The molecule has 0 spiro atoms. The summed E-state index contributed by atoms with van der Waals surface area (Å²) in [4.78, 5) is 0. The van der Waals surface area contributed by atoms with Crippen LogP contribution in [-0.2, 0) is 6.42 Å². The van der Waals surface area contributed by atoms with Crippen LogP contribution in [0.1, 0.15) is 32.3 Å². The Morgan fingerprint density at radius 1 is 0.944 bits per heavy atom. The van der Waals surface area contributed by atoms with Crippen molar-refractivity contribution in [2.45, 2.75) is 33.1 Å². The SMILES string of the molecule is CCC1=CCC=C(O)C=C1.CCc1ccccc1. The molecule has 0 saturated carbocycles. The maximum absolute atomic E-state index is 9.04. The quantitative estimate of drug-likeness (QED) is 0.776. The predicted molar refractivity (Wildman–Crippen MR) is 78.7 cm³/mol. The third-order valence-corrected chi connectivity index (χ3v) is 2.83. The Morgan fingerprint density at radius 2 is 1.67 bits per heavy atom. The molecule has 0 bridgehead atoms. The molecule has 1 N–H and O–H groups in total. The van der Waals surface area contributed by atoms with E-state index in [0.29, 0.717) is 5.76 Å². The maximum Gasteiger partial charge on any atom is 0.111 e. The summed E-state index contributed by atoms with van der Waals surface area (Å²) in [6, 6.07) is 10.5. The van der Waals surface area contributed by atoms with E-state index in [1.807, 2.05) is 12.1 Å². The molecule has 1 aromatic carbocycles. The van der Waals surface area contributed by atoms with E-state index in [0.717, 1.165) is 19.3 Å². The summed E-state index contributed by atoms with van der Waals surface area (Å²) in [5, 5.41) is 9.04. The molecular formula is C17H22O. The molecule has 0 amide bonds. The molecule has 0 radical (unpaired) electrons. The standard InChI is InChI=1S/C9H12O.C8H10/c1-2-8-4-3-5-9(10)7-6-8;1-2-8-6-4-3-5-7-8/h4-7,10H,2-3H2,1H3;3-7H,2H2,1H3. The topological polar surface area (TPSA) is 20.2 Å². The van der Waals surface area contributed by atoms with Crippen LogP contribution >= 0.6 is 0 Å². The van der Waals surface area contributed by atoms with E-state index in [1.54, 1.807) is 12.2 Å². The molecule has 1 aromatic rings. The molecule has 2 rings (SSSR count). The van der Waals surface area contributed by atoms with Crippen molar-refractivity contribution in [3.8, 4) is 0 Å². The maximum atomic E-state index is 9.04. The van der Waals surface area contributed by atoms with Crippen molar-refractivity contribution in [1.29, 1.82) is 0 Å². The molecule has 0 aliphatic heterocycles. The minimum absolute atomic E-state index is 0.375. The van der Waals surface area contributed by atoms with E-state index in [9.17, 15) is 0 Å². The molecule has 0 atom stereocenters. The fourth-order valence-electron chi connectivity index (χ4n) is 1.64. The van der Waals surface area contributed by atoms with Crippen LogP contribution in [0.4, 0.5) is 0 Å². The van der Waals surface area contributed by atoms with Gasteiger partial charge in [0.15, 0.2) is 0 Å². The van der Waals surface area contributed by atoms with Crippen molar-refractivity contribution >= 4 is 0 Å². The van der Waals surface area contributed by atoms with Crippen LogP contribution in [0.5, 0.6) is 0 Å². The molecule has 1 nitrogen and oxygen atoms in total. The van der Waals surface area contributed by atoms with E-state index >= 15 is 0 Å². The van der Waals surface area contributed by atoms with Gasteiger partial charge in [-0.25, -0.2) is 0 Å². The average Bonchev–Trinajstić information content (AvgIpc) is 2.65. The van der Waals surface area contributed by atoms with E-state index in [4.69, 9.17) is 5.11 Å². The van der Waals surface area contributed by atoms with Gasteiger partial charge in [0.25, 0.3) is 0 Å². The molecule has 1 aliphatic carbocycles. The zero-order valence-electron chi connectivity index (χ0n) is 11.3. The lowest BCUT2D eigenvalue weighted by Gasteiger charge is -1.90. The minimum atomic E-state index is 0.375. The minimum Gasteiger partial charge on any atom is -0.508 e. The number of benzene rings is 1. The van der Waals surface area contributed by atoms with E-state index < -0.39 is 0 Å². The fraction of sp³-hybridized carbons (Fsp3) is 0.294. The van der Waals surface area contributed by atoms with Crippen LogP contribution in [0, 0.1) is 0 Å². The highest BCUT2D eigenvalue weighted by Crippen LogP contribution is 2.10. The lowest BCUT2D eigenvalue weighted by Crippen LogP contribution is -1.73. The highest BCUT2D eigenvalue weighted by Gasteiger charge is 1.92. The molecule has 18 heavy (non-hydrogen) atoms. The van der Waals surface area contributed by atoms with Gasteiger partial charge in [0.1, 0.15) is 5.76 Å². The first-order valence-electron chi connectivity index (χ1n) is 6.56. The largest absolute Gasteiger partial charge is 0.508 e. The molecule has 96 valence electrons. The van der Waals surface area contributed by atoms with Crippen LogP contribution in [0.2, 0.25) is 0 Å². The molecular weight excluding hydrogens is 220 g/mol. The van der Waals surface area contributed by atoms with Crippen molar-refractivity contribution in [1.82, 2.24) is 0 Å². The third kappa shape index (κ3) is 5.53. The molecule has 0 heterocycles. The molecule has 0 fully saturated rings. The van der Waals surface area contributed by atoms with Gasteiger partial charge in [-0.2, -0.15) is 0 Å². The number of aryl methyl sites for hydroxylation is 1. The van der Waals surface area contributed by atoms with Crippen molar-refractivity contribution in [3.05, 3.63) is 71.5 Å². The van der Waals surface area contributed by atoms with Crippen LogP contribution in [0.25, 0.3) is 0 Å². The smallest absolute Gasteiger partial charge is 0.111 e. The summed E-state index contributed by atoms with van der Waals surface area (Å²) in [5.41, 5.74) is 2.70. The lowest BCUT2D eigenvalue weighted by molar-refractivity contribution is 0.431. The Morgan fingerprint density at radius 3 is 2.22 bits per heavy atom. The Hall–Kier alpha value is -1.76. The highest BCUT2D eigenvalue weighted by atomic mass is 16.3. The van der Waals surface area contributed by atoms with Crippen LogP contribution in [0.3, 0.4) is 0 Å². The third-order valence-electron chi connectivity index (χ3n) is 2.83. The van der Waals surface area contributed by atoms with Gasteiger partial charge in [0.2, 0.25) is 0 Å². The zero-order chi connectivity index (χ0) is 13.2. The second-order valence-corrected chi connectivity index (χ2v) is 4.17. The number of aliphatic hydroxyl groups is 1. The Balaban J connectivity index is 0.000000184. The first kappa shape index (κ1) is 14.3. The summed E-state index contributed by atoms with van der Waals surface area (Å²) in [5.74, 6) is 0.375. The average molecular weight is 242 g/mol. The molecule has 1 heteroatoms. The monoisotopic (exact) mass is 242 g/mol. The summed E-state index contributed by atoms with van der Waals surface area (Å²) in [7, 11) is 0. The summed E-state index contributed by atoms with van der Waals surface area (Å²) >= 11 is 0. The lowest BCUT2D eigenvalue weighted by atomic mass is 10.2. The summed E-state index contributed by atoms with van der Waals surface area (Å²) in [6.07, 6.45) is 10.7. The van der Waals surface area contributed by atoms with E-state index in [1.165, 1.54) is 11.1 Å². The fourth-order valence-corrected chi connectivity index (χ4v) is 1.64. The predicted octanol–water partition coefficient (Wildman–Crippen LogP) is 4.97. The van der Waals surface area contributed by atoms with Crippen molar-refractivity contribution < 1.29 is 5.11 Å². The van der Waals surface area contributed by atoms with Gasteiger partial charge >= 0.3 is 0 Å². The first-order valence-corrected chi connectivity index (χ1v) is 6.56. The molecule has 1 aliphatic rings. The first-order chi connectivity index (χ1) is 8.76. The Labute approximate surface area is 110 Å². The van der Waals surface area contributed by atoms with E-state index in [2.05, 4.69) is 44.2 Å². The molecule has 0 saturated heterocycles. The Bertz CT molecular complexity index is 424. The Kier molecular flexibility index (Phi) is 6.63. The van der Waals surface area contributed by atoms with Gasteiger partial charge < -0.3 is 5.11 Å². The van der Waals surface area contributed by atoms with Gasteiger partial charge in [0, 0.05) is 0 Å². The second kappa shape index (κ2) is 8.35. The van der Waals surface area contributed by atoms with Gasteiger partial charge in [-0.05, 0) is 37.0 Å². The highest BCUT2D eigenvalue weighted by molar-refractivity contribution is 5.28. The molecule has 0 aromatic heterocycles. The van der Waals surface area contributed by atoms with Crippen LogP contribution in [-0.4, -0.2) is 5.11 Å². The number of hydrogen-bond donors (Lipinski definition) is 1. The normalized spacial score (nSPS) is 13.9. The van der Waals surface area contributed by atoms with Crippen LogP contribution in [0.15, 0.2) is 66.0 Å². The number of allylic oxidation sites excluding steroid dienone is 5. The summed E-state index contributed by atoms with van der Waals surface area (Å²) in [6.45, 7) is 4.27.